The molecule has 6 nitrogen and oxygen atoms in total. The maximum Gasteiger partial charge on any atom is 0.253 e. The summed E-state index contributed by atoms with van der Waals surface area (Å²) in [5, 5.41) is 0. The lowest BCUT2D eigenvalue weighted by Crippen LogP contribution is -2.34. The van der Waals surface area contributed by atoms with E-state index < -0.39 is 10.0 Å². The second kappa shape index (κ2) is 8.38. The minimum Gasteiger partial charge on any atom is -0.342 e. The fourth-order valence-corrected chi connectivity index (χ4v) is 3.81. The Balaban J connectivity index is 0.00000312. The van der Waals surface area contributed by atoms with Crippen molar-refractivity contribution >= 4 is 34.0 Å². The van der Waals surface area contributed by atoms with Gasteiger partial charge in [-0.1, -0.05) is 13.8 Å². The van der Waals surface area contributed by atoms with E-state index in [0.29, 0.717) is 36.7 Å². The summed E-state index contributed by atoms with van der Waals surface area (Å²) in [7, 11) is -1.50. The van der Waals surface area contributed by atoms with Crippen LogP contribution in [-0.2, 0) is 16.4 Å². The molecule has 1 aromatic carbocycles. The van der Waals surface area contributed by atoms with Gasteiger partial charge in [0.2, 0.25) is 10.0 Å². The van der Waals surface area contributed by atoms with Crippen LogP contribution in [0.4, 0.5) is 5.69 Å². The minimum atomic E-state index is -3.27. The zero-order valence-corrected chi connectivity index (χ0v) is 16.9. The molecule has 1 unspecified atom stereocenters. The molecule has 0 saturated heterocycles. The van der Waals surface area contributed by atoms with Crippen molar-refractivity contribution in [3.63, 3.8) is 0 Å². The number of nitrogens with two attached hydrogens (primary N) is 1. The first-order valence-corrected chi connectivity index (χ1v) is 10.1. The van der Waals surface area contributed by atoms with Crippen LogP contribution in [0.3, 0.4) is 0 Å². The first-order chi connectivity index (χ1) is 11.1. The Kier molecular flexibility index (Phi) is 7.28. The monoisotopic (exact) mass is 389 g/mol. The highest BCUT2D eigenvalue weighted by Crippen LogP contribution is 2.30. The van der Waals surface area contributed by atoms with Gasteiger partial charge in [-0.2, -0.15) is 0 Å². The molecule has 1 amide bonds. The highest BCUT2D eigenvalue weighted by molar-refractivity contribution is 7.92. The summed E-state index contributed by atoms with van der Waals surface area (Å²) in [6.07, 6.45) is 2.59. The molecule has 25 heavy (non-hydrogen) atoms. The van der Waals surface area contributed by atoms with E-state index in [1.54, 1.807) is 24.1 Å². The van der Waals surface area contributed by atoms with Gasteiger partial charge >= 0.3 is 0 Å². The number of benzene rings is 1. The summed E-state index contributed by atoms with van der Waals surface area (Å²) in [6, 6.07) is 5.30. The van der Waals surface area contributed by atoms with E-state index in [0.717, 1.165) is 12.0 Å². The van der Waals surface area contributed by atoms with E-state index in [1.807, 2.05) is 6.07 Å². The first-order valence-electron chi connectivity index (χ1n) is 8.23. The Morgan fingerprint density at radius 1 is 1.36 bits per heavy atom. The number of amides is 1. The molecule has 0 spiro atoms. The van der Waals surface area contributed by atoms with Gasteiger partial charge in [0.15, 0.2) is 0 Å². The SMILES string of the molecule is CC(C)C(N)CCN(C)C(=O)c1ccc2c(c1)CCN2S(C)(=O)=O.Cl. The summed E-state index contributed by atoms with van der Waals surface area (Å²) < 4.78 is 24.9. The number of carbonyl (C=O) groups excluding carboxylic acids is 1. The largest absolute Gasteiger partial charge is 0.342 e. The van der Waals surface area contributed by atoms with Crippen LogP contribution >= 0.6 is 12.4 Å². The smallest absolute Gasteiger partial charge is 0.253 e. The molecule has 1 heterocycles. The van der Waals surface area contributed by atoms with Gasteiger partial charge in [0.25, 0.3) is 5.91 Å². The van der Waals surface area contributed by atoms with Crippen molar-refractivity contribution in [2.24, 2.45) is 11.7 Å². The van der Waals surface area contributed by atoms with Crippen molar-refractivity contribution in [2.75, 3.05) is 30.7 Å². The van der Waals surface area contributed by atoms with Crippen LogP contribution in [0.5, 0.6) is 0 Å². The summed E-state index contributed by atoms with van der Waals surface area (Å²) in [5.41, 5.74) is 8.20. The molecule has 0 saturated carbocycles. The number of nitrogens with zero attached hydrogens (tertiary/aromatic N) is 2. The molecule has 0 bridgehead atoms. The Labute approximate surface area is 156 Å². The number of fused-ring (bicyclic) bond motifs is 1. The Hall–Kier alpha value is -1.31. The lowest BCUT2D eigenvalue weighted by molar-refractivity contribution is 0.0789. The number of halogens is 1. The third-order valence-corrected chi connectivity index (χ3v) is 5.76. The van der Waals surface area contributed by atoms with Crippen LogP contribution in [0.1, 0.15) is 36.2 Å². The van der Waals surface area contributed by atoms with Gasteiger partial charge in [-0.3, -0.25) is 9.10 Å². The van der Waals surface area contributed by atoms with Crippen LogP contribution < -0.4 is 10.0 Å². The van der Waals surface area contributed by atoms with E-state index in [-0.39, 0.29) is 24.4 Å². The van der Waals surface area contributed by atoms with Crippen molar-refractivity contribution in [1.29, 1.82) is 0 Å². The van der Waals surface area contributed by atoms with Crippen molar-refractivity contribution in [2.45, 2.75) is 32.7 Å². The highest BCUT2D eigenvalue weighted by Gasteiger charge is 2.27. The Morgan fingerprint density at radius 3 is 2.56 bits per heavy atom. The van der Waals surface area contributed by atoms with Crippen molar-refractivity contribution in [3.8, 4) is 0 Å². The fraction of sp³-hybridized carbons (Fsp3) is 0.588. The van der Waals surface area contributed by atoms with Crippen LogP contribution in [0, 0.1) is 5.92 Å². The standard InChI is InChI=1S/C17H27N3O3S.ClH/c1-12(2)15(18)8-9-19(3)17(21)14-5-6-16-13(11-14)7-10-20(16)24(4,22)23;/h5-6,11-12,15H,7-10,18H2,1-4H3;1H. The topological polar surface area (TPSA) is 83.7 Å². The molecule has 142 valence electrons. The quantitative estimate of drug-likeness (QED) is 0.805. The summed E-state index contributed by atoms with van der Waals surface area (Å²) in [6.45, 7) is 5.18. The predicted octanol–water partition coefficient (Wildman–Crippen LogP) is 1.88. The van der Waals surface area contributed by atoms with Gasteiger partial charge in [-0.25, -0.2) is 8.42 Å². The van der Waals surface area contributed by atoms with Gasteiger partial charge in [0, 0.05) is 31.7 Å². The van der Waals surface area contributed by atoms with E-state index in [2.05, 4.69) is 13.8 Å². The maximum absolute atomic E-state index is 12.6. The maximum atomic E-state index is 12.6. The molecule has 0 radical (unpaired) electrons. The third kappa shape index (κ3) is 5.09. The molecule has 0 fully saturated rings. The predicted molar refractivity (Wildman–Crippen MR) is 104 cm³/mol. The molecule has 2 rings (SSSR count). The van der Waals surface area contributed by atoms with Gasteiger partial charge in [0.1, 0.15) is 0 Å². The third-order valence-electron chi connectivity index (χ3n) is 4.58. The number of sulfonamides is 1. The normalized spacial score (nSPS) is 14.9. The molecule has 1 aromatic rings. The first kappa shape index (κ1) is 21.7. The van der Waals surface area contributed by atoms with E-state index in [4.69, 9.17) is 5.73 Å². The zero-order chi connectivity index (χ0) is 18.1. The fourth-order valence-electron chi connectivity index (χ4n) is 2.85. The number of hydrogen-bond donors (Lipinski definition) is 1. The second-order valence-corrected chi connectivity index (χ2v) is 8.76. The van der Waals surface area contributed by atoms with Crippen molar-refractivity contribution < 1.29 is 13.2 Å². The summed E-state index contributed by atoms with van der Waals surface area (Å²) >= 11 is 0. The average molecular weight is 390 g/mol. The molecule has 2 N–H and O–H groups in total. The van der Waals surface area contributed by atoms with Gasteiger partial charge < -0.3 is 10.6 Å². The van der Waals surface area contributed by atoms with Gasteiger partial charge in [-0.15, -0.1) is 12.4 Å². The van der Waals surface area contributed by atoms with Crippen LogP contribution in [0.2, 0.25) is 0 Å². The molecule has 0 aromatic heterocycles. The van der Waals surface area contributed by atoms with Gasteiger partial charge in [-0.05, 0) is 42.5 Å². The average Bonchev–Trinajstić information content (AvgIpc) is 2.94. The Morgan fingerprint density at radius 2 is 2.00 bits per heavy atom. The molecule has 1 aliphatic rings. The van der Waals surface area contributed by atoms with Crippen molar-refractivity contribution in [3.05, 3.63) is 29.3 Å². The molecular formula is C17H28ClN3O3S. The van der Waals surface area contributed by atoms with Crippen LogP contribution in [0.25, 0.3) is 0 Å². The molecule has 0 aliphatic carbocycles. The summed E-state index contributed by atoms with van der Waals surface area (Å²) in [5.74, 6) is 0.321. The van der Waals surface area contributed by atoms with Crippen molar-refractivity contribution in [1.82, 2.24) is 4.90 Å². The van der Waals surface area contributed by atoms with Crippen LogP contribution in [-0.4, -0.2) is 51.7 Å². The lowest BCUT2D eigenvalue weighted by Gasteiger charge is -2.22. The highest BCUT2D eigenvalue weighted by atomic mass is 35.5. The number of rotatable bonds is 6. The zero-order valence-electron chi connectivity index (χ0n) is 15.2. The minimum absolute atomic E-state index is 0. The van der Waals surface area contributed by atoms with Crippen LogP contribution in [0.15, 0.2) is 18.2 Å². The molecule has 8 heteroatoms. The number of anilines is 1. The Bertz CT molecular complexity index is 722. The molecule has 1 atom stereocenters. The molecular weight excluding hydrogens is 362 g/mol. The van der Waals surface area contributed by atoms with E-state index in [9.17, 15) is 13.2 Å². The van der Waals surface area contributed by atoms with Gasteiger partial charge in [0.05, 0.1) is 11.9 Å². The van der Waals surface area contributed by atoms with E-state index in [1.165, 1.54) is 10.6 Å². The second-order valence-electron chi connectivity index (χ2n) is 6.85. The molecule has 1 aliphatic heterocycles. The lowest BCUT2D eigenvalue weighted by atomic mass is 10.0. The number of hydrogen-bond acceptors (Lipinski definition) is 4. The van der Waals surface area contributed by atoms with E-state index >= 15 is 0 Å². The summed E-state index contributed by atoms with van der Waals surface area (Å²) in [4.78, 5) is 14.2. The number of carbonyl (C=O) groups is 1.